The largest absolute Gasteiger partial charge is 0.464 e. The molecule has 0 radical (unpaired) electrons. The van der Waals surface area contributed by atoms with Gasteiger partial charge < -0.3 is 9.53 Å². The van der Waals surface area contributed by atoms with Gasteiger partial charge in [-0.15, -0.1) is 0 Å². The lowest BCUT2D eigenvalue weighted by atomic mass is 10.0. The van der Waals surface area contributed by atoms with E-state index in [1.165, 1.54) is 7.11 Å². The summed E-state index contributed by atoms with van der Waals surface area (Å²) in [6, 6.07) is 1.75. The maximum Gasteiger partial charge on any atom is 0.356 e. The minimum Gasteiger partial charge on any atom is -0.464 e. The first-order valence-electron chi connectivity index (χ1n) is 5.27. The topological polar surface area (TPSA) is 56.3 Å². The molecule has 1 fully saturated rings. The highest BCUT2D eigenvalue weighted by molar-refractivity contribution is 5.87. The third-order valence-electron chi connectivity index (χ3n) is 2.74. The number of pyridine rings is 1. The van der Waals surface area contributed by atoms with Gasteiger partial charge in [-0.1, -0.05) is 0 Å². The van der Waals surface area contributed by atoms with Crippen LogP contribution >= 0.6 is 0 Å². The van der Waals surface area contributed by atoms with Crippen LogP contribution < -0.4 is 0 Å². The van der Waals surface area contributed by atoms with Gasteiger partial charge in [-0.3, -0.25) is 0 Å². The Hall–Kier alpha value is -1.71. The highest BCUT2D eigenvalue weighted by Crippen LogP contribution is 2.41. The molecule has 0 amide bonds. The average Bonchev–Trinajstić information content (AvgIpc) is 3.13. The monoisotopic (exact) mass is 219 g/mol. The van der Waals surface area contributed by atoms with Crippen molar-refractivity contribution in [1.29, 1.82) is 0 Å². The molecule has 1 aliphatic rings. The summed E-state index contributed by atoms with van der Waals surface area (Å²) in [4.78, 5) is 25.9. The predicted octanol–water partition coefficient (Wildman–Crippen LogP) is 1.49. The number of methoxy groups -OCH3 is 1. The van der Waals surface area contributed by atoms with Crippen molar-refractivity contribution in [2.45, 2.75) is 25.2 Å². The van der Waals surface area contributed by atoms with Gasteiger partial charge in [0.2, 0.25) is 0 Å². The van der Waals surface area contributed by atoms with Crippen molar-refractivity contribution in [2.75, 3.05) is 7.11 Å². The quantitative estimate of drug-likeness (QED) is 0.568. The number of carbonyl (C=O) groups excluding carboxylic acids is 2. The van der Waals surface area contributed by atoms with Crippen LogP contribution in [0.4, 0.5) is 0 Å². The van der Waals surface area contributed by atoms with Crippen molar-refractivity contribution in [1.82, 2.24) is 4.98 Å². The normalized spacial score (nSPS) is 14.6. The molecule has 0 saturated heterocycles. The number of hydrogen-bond acceptors (Lipinski definition) is 4. The third kappa shape index (κ3) is 2.10. The Bertz CT molecular complexity index is 424. The second-order valence-electron chi connectivity index (χ2n) is 3.91. The van der Waals surface area contributed by atoms with E-state index < -0.39 is 5.97 Å². The molecule has 16 heavy (non-hydrogen) atoms. The van der Waals surface area contributed by atoms with Crippen LogP contribution in [-0.4, -0.2) is 24.3 Å². The van der Waals surface area contributed by atoms with Crippen LogP contribution in [-0.2, 0) is 16.0 Å². The van der Waals surface area contributed by atoms with Gasteiger partial charge in [0.15, 0.2) is 0 Å². The second-order valence-corrected chi connectivity index (χ2v) is 3.91. The van der Waals surface area contributed by atoms with Crippen molar-refractivity contribution < 1.29 is 14.3 Å². The summed E-state index contributed by atoms with van der Waals surface area (Å²) in [5, 5.41) is 0. The Balaban J connectivity index is 2.35. The second kappa shape index (κ2) is 4.43. The van der Waals surface area contributed by atoms with Gasteiger partial charge in [0.1, 0.15) is 12.0 Å². The molecule has 0 spiro atoms. The summed E-state index contributed by atoms with van der Waals surface area (Å²) in [6.45, 7) is 0. The first kappa shape index (κ1) is 10.8. The Kier molecular flexibility index (Phi) is 2.99. The summed E-state index contributed by atoms with van der Waals surface area (Å²) >= 11 is 0. The number of ether oxygens (including phenoxy) is 1. The number of carbonyl (C=O) groups is 2. The number of esters is 1. The van der Waals surface area contributed by atoms with Gasteiger partial charge in [-0.25, -0.2) is 9.78 Å². The molecule has 4 heteroatoms. The van der Waals surface area contributed by atoms with E-state index in [-0.39, 0.29) is 0 Å². The van der Waals surface area contributed by atoms with E-state index in [2.05, 4.69) is 9.72 Å². The summed E-state index contributed by atoms with van der Waals surface area (Å²) in [5.74, 6) is 0.0564. The van der Waals surface area contributed by atoms with E-state index in [1.54, 1.807) is 12.3 Å². The molecule has 1 saturated carbocycles. The van der Waals surface area contributed by atoms with Gasteiger partial charge in [-0.05, 0) is 36.0 Å². The van der Waals surface area contributed by atoms with Crippen LogP contribution in [0.3, 0.4) is 0 Å². The number of hydrogen-bond donors (Lipinski definition) is 0. The van der Waals surface area contributed by atoms with Crippen molar-refractivity contribution in [2.24, 2.45) is 0 Å². The summed E-state index contributed by atoms with van der Waals surface area (Å²) < 4.78 is 4.62. The smallest absolute Gasteiger partial charge is 0.356 e. The fraction of sp³-hybridized carbons (Fsp3) is 0.417. The number of aromatic nitrogens is 1. The van der Waals surface area contributed by atoms with Crippen LogP contribution in [0.1, 0.15) is 40.4 Å². The lowest BCUT2D eigenvalue weighted by molar-refractivity contribution is -0.107. The summed E-state index contributed by atoms with van der Waals surface area (Å²) in [6.07, 6.45) is 5.07. The Morgan fingerprint density at radius 1 is 1.62 bits per heavy atom. The first-order valence-corrected chi connectivity index (χ1v) is 5.27. The molecular weight excluding hydrogens is 206 g/mol. The molecule has 84 valence electrons. The van der Waals surface area contributed by atoms with E-state index in [1.807, 2.05) is 0 Å². The lowest BCUT2D eigenvalue weighted by Crippen LogP contribution is -2.07. The zero-order valence-electron chi connectivity index (χ0n) is 9.10. The van der Waals surface area contributed by atoms with Gasteiger partial charge in [0.05, 0.1) is 7.11 Å². The molecule has 1 aromatic heterocycles. The van der Waals surface area contributed by atoms with Gasteiger partial charge >= 0.3 is 5.97 Å². The van der Waals surface area contributed by atoms with Crippen LogP contribution in [0.2, 0.25) is 0 Å². The van der Waals surface area contributed by atoms with Gasteiger partial charge in [-0.2, -0.15) is 0 Å². The molecule has 2 rings (SSSR count). The van der Waals surface area contributed by atoms with E-state index in [0.29, 0.717) is 18.0 Å². The molecule has 1 aromatic rings. The molecule has 0 aromatic carbocycles. The highest BCUT2D eigenvalue weighted by Gasteiger charge is 2.27. The van der Waals surface area contributed by atoms with Crippen molar-refractivity contribution in [3.8, 4) is 0 Å². The van der Waals surface area contributed by atoms with E-state index in [4.69, 9.17) is 0 Å². The fourth-order valence-corrected chi connectivity index (χ4v) is 1.75. The number of aldehydes is 1. The van der Waals surface area contributed by atoms with Crippen molar-refractivity contribution in [3.63, 3.8) is 0 Å². The van der Waals surface area contributed by atoms with Crippen LogP contribution in [0.5, 0.6) is 0 Å². The Morgan fingerprint density at radius 3 is 2.94 bits per heavy atom. The van der Waals surface area contributed by atoms with E-state index in [9.17, 15) is 9.59 Å². The zero-order valence-corrected chi connectivity index (χ0v) is 9.10. The Morgan fingerprint density at radius 2 is 2.38 bits per heavy atom. The predicted molar refractivity (Wildman–Crippen MR) is 57.3 cm³/mol. The molecule has 0 aliphatic heterocycles. The fourth-order valence-electron chi connectivity index (χ4n) is 1.75. The van der Waals surface area contributed by atoms with Gasteiger partial charge in [0.25, 0.3) is 0 Å². The first-order chi connectivity index (χ1) is 7.76. The van der Waals surface area contributed by atoms with Crippen LogP contribution in [0.25, 0.3) is 0 Å². The maximum atomic E-state index is 11.3. The summed E-state index contributed by atoms with van der Waals surface area (Å²) in [5.41, 5.74) is 2.31. The Labute approximate surface area is 93.6 Å². The highest BCUT2D eigenvalue weighted by atomic mass is 16.5. The third-order valence-corrected chi connectivity index (χ3v) is 2.74. The molecule has 1 heterocycles. The average molecular weight is 219 g/mol. The molecule has 0 atom stereocenters. The molecular formula is C12H13NO3. The number of nitrogens with zero attached hydrogens (tertiary/aromatic N) is 1. The zero-order chi connectivity index (χ0) is 11.5. The minimum absolute atomic E-state index is 0.319. The summed E-state index contributed by atoms with van der Waals surface area (Å²) in [7, 11) is 1.33. The molecule has 0 N–H and O–H groups in total. The molecule has 1 aliphatic carbocycles. The maximum absolute atomic E-state index is 11.3. The standard InChI is InChI=1S/C12H13NO3/c1-16-12(15)11-6-10(8-2-3-8)9(4-5-14)7-13-11/h5-8H,2-4H2,1H3. The van der Waals surface area contributed by atoms with Crippen LogP contribution in [0.15, 0.2) is 12.3 Å². The molecule has 4 nitrogen and oxygen atoms in total. The van der Waals surface area contributed by atoms with Crippen molar-refractivity contribution in [3.05, 3.63) is 29.1 Å². The lowest BCUT2D eigenvalue weighted by Gasteiger charge is -2.07. The minimum atomic E-state index is -0.431. The van der Waals surface area contributed by atoms with E-state index in [0.717, 1.165) is 30.3 Å². The van der Waals surface area contributed by atoms with Crippen LogP contribution in [0, 0.1) is 0 Å². The number of rotatable bonds is 4. The van der Waals surface area contributed by atoms with Crippen molar-refractivity contribution >= 4 is 12.3 Å². The SMILES string of the molecule is COC(=O)c1cc(C2CC2)c(CC=O)cn1. The molecule has 0 bridgehead atoms. The van der Waals surface area contributed by atoms with Gasteiger partial charge in [0, 0.05) is 12.6 Å². The molecule has 0 unspecified atom stereocenters. The van der Waals surface area contributed by atoms with E-state index >= 15 is 0 Å².